The van der Waals surface area contributed by atoms with Gasteiger partial charge in [-0.25, -0.2) is 0 Å². The van der Waals surface area contributed by atoms with Crippen LogP contribution in [-0.4, -0.2) is 10.8 Å². The Kier molecular flexibility index (Phi) is 3.92. The molecular weight excluding hydrogens is 302 g/mol. The van der Waals surface area contributed by atoms with Crippen molar-refractivity contribution in [3.05, 3.63) is 63.3 Å². The minimum Gasteiger partial charge on any atom is -0.294 e. The van der Waals surface area contributed by atoms with Crippen LogP contribution in [0.3, 0.4) is 0 Å². The lowest BCUT2D eigenvalue weighted by Crippen LogP contribution is -2.04. The van der Waals surface area contributed by atoms with Crippen molar-refractivity contribution in [2.45, 2.75) is 6.42 Å². The van der Waals surface area contributed by atoms with Gasteiger partial charge in [-0.3, -0.25) is 9.78 Å². The second-order valence-corrected chi connectivity index (χ2v) is 4.81. The molecule has 0 amide bonds. The number of nitrogens with zero attached hydrogens (tertiary/aromatic N) is 1. The Bertz CT molecular complexity index is 542. The smallest absolute Gasteiger partial charge is 0.168 e. The summed E-state index contributed by atoms with van der Waals surface area (Å²) in [4.78, 5) is 16.1. The van der Waals surface area contributed by atoms with Crippen LogP contribution in [0.15, 0.2) is 47.1 Å². The Morgan fingerprint density at radius 1 is 1.29 bits per heavy atom. The number of hydrogen-bond donors (Lipinski definition) is 0. The standard InChI is InChI=1S/C13H9BrClNO/c14-11-5-4-9(7-12(11)15)13(17)8-10-3-1-2-6-16-10/h1-7H,8H2. The summed E-state index contributed by atoms with van der Waals surface area (Å²) in [6.45, 7) is 0. The molecular formula is C13H9BrClNO. The highest BCUT2D eigenvalue weighted by atomic mass is 79.9. The lowest BCUT2D eigenvalue weighted by Gasteiger charge is -2.02. The minimum absolute atomic E-state index is 0.0121. The van der Waals surface area contributed by atoms with E-state index in [0.29, 0.717) is 17.0 Å². The van der Waals surface area contributed by atoms with Crippen LogP contribution in [0, 0.1) is 0 Å². The van der Waals surface area contributed by atoms with Crippen molar-refractivity contribution in [3.63, 3.8) is 0 Å². The van der Waals surface area contributed by atoms with Crippen molar-refractivity contribution in [1.29, 1.82) is 0 Å². The normalized spacial score (nSPS) is 10.2. The summed E-state index contributed by atoms with van der Waals surface area (Å²) >= 11 is 9.24. The van der Waals surface area contributed by atoms with E-state index in [1.54, 1.807) is 24.4 Å². The van der Waals surface area contributed by atoms with E-state index < -0.39 is 0 Å². The first kappa shape index (κ1) is 12.3. The maximum Gasteiger partial charge on any atom is 0.168 e. The summed E-state index contributed by atoms with van der Waals surface area (Å²) in [6.07, 6.45) is 1.97. The van der Waals surface area contributed by atoms with Crippen molar-refractivity contribution in [2.24, 2.45) is 0 Å². The molecule has 17 heavy (non-hydrogen) atoms. The molecule has 0 aliphatic rings. The minimum atomic E-state index is 0.0121. The Balaban J connectivity index is 2.18. The summed E-state index contributed by atoms with van der Waals surface area (Å²) in [5.41, 5.74) is 1.36. The molecule has 0 unspecified atom stereocenters. The van der Waals surface area contributed by atoms with E-state index in [-0.39, 0.29) is 5.78 Å². The SMILES string of the molecule is O=C(Cc1ccccn1)c1ccc(Br)c(Cl)c1. The fraction of sp³-hybridized carbons (Fsp3) is 0.0769. The van der Waals surface area contributed by atoms with Gasteiger partial charge in [-0.1, -0.05) is 23.7 Å². The molecule has 86 valence electrons. The Morgan fingerprint density at radius 2 is 2.12 bits per heavy atom. The quantitative estimate of drug-likeness (QED) is 0.804. The fourth-order valence-corrected chi connectivity index (χ4v) is 1.87. The zero-order chi connectivity index (χ0) is 12.3. The highest BCUT2D eigenvalue weighted by molar-refractivity contribution is 9.10. The van der Waals surface area contributed by atoms with Crippen LogP contribution in [0.5, 0.6) is 0 Å². The second kappa shape index (κ2) is 5.43. The van der Waals surface area contributed by atoms with E-state index in [1.165, 1.54) is 0 Å². The van der Waals surface area contributed by atoms with Crippen molar-refractivity contribution >= 4 is 33.3 Å². The first-order valence-corrected chi connectivity index (χ1v) is 6.22. The zero-order valence-corrected chi connectivity index (χ0v) is 11.2. The number of ketones is 1. The van der Waals surface area contributed by atoms with Gasteiger partial charge in [0.1, 0.15) is 0 Å². The van der Waals surface area contributed by atoms with Gasteiger partial charge in [0, 0.05) is 21.9 Å². The van der Waals surface area contributed by atoms with Crippen molar-refractivity contribution in [2.75, 3.05) is 0 Å². The average molecular weight is 311 g/mol. The zero-order valence-electron chi connectivity index (χ0n) is 8.86. The van der Waals surface area contributed by atoms with Gasteiger partial charge in [-0.2, -0.15) is 0 Å². The van der Waals surface area contributed by atoms with Crippen LogP contribution in [0.1, 0.15) is 16.1 Å². The van der Waals surface area contributed by atoms with Crippen LogP contribution < -0.4 is 0 Å². The Morgan fingerprint density at radius 3 is 2.76 bits per heavy atom. The van der Waals surface area contributed by atoms with E-state index in [1.807, 2.05) is 18.2 Å². The number of benzene rings is 1. The van der Waals surface area contributed by atoms with Gasteiger partial charge < -0.3 is 0 Å². The van der Waals surface area contributed by atoms with E-state index >= 15 is 0 Å². The molecule has 0 aliphatic heterocycles. The third-order valence-corrected chi connectivity index (χ3v) is 3.54. The van der Waals surface area contributed by atoms with E-state index in [9.17, 15) is 4.79 Å². The fourth-order valence-electron chi connectivity index (χ4n) is 1.44. The second-order valence-electron chi connectivity index (χ2n) is 3.55. The van der Waals surface area contributed by atoms with E-state index in [4.69, 9.17) is 11.6 Å². The first-order valence-electron chi connectivity index (χ1n) is 5.05. The molecule has 0 aliphatic carbocycles. The number of halogens is 2. The number of Topliss-reactive ketones (excluding diaryl/α,β-unsaturated/α-hetero) is 1. The van der Waals surface area contributed by atoms with Crippen LogP contribution in [0.4, 0.5) is 0 Å². The lowest BCUT2D eigenvalue weighted by molar-refractivity contribution is 0.0992. The third kappa shape index (κ3) is 3.14. The number of carbonyl (C=O) groups excluding carboxylic acids is 1. The number of carbonyl (C=O) groups is 1. The number of pyridine rings is 1. The van der Waals surface area contributed by atoms with Gasteiger partial charge in [0.15, 0.2) is 5.78 Å². The van der Waals surface area contributed by atoms with Crippen LogP contribution >= 0.6 is 27.5 Å². The summed E-state index contributed by atoms with van der Waals surface area (Å²) in [5, 5.41) is 0.539. The van der Waals surface area contributed by atoms with Gasteiger partial charge in [0.2, 0.25) is 0 Å². The molecule has 1 heterocycles. The topological polar surface area (TPSA) is 30.0 Å². The number of aromatic nitrogens is 1. The summed E-state index contributed by atoms with van der Waals surface area (Å²) in [7, 11) is 0. The molecule has 1 aromatic carbocycles. The molecule has 2 nitrogen and oxygen atoms in total. The van der Waals surface area contributed by atoms with Gasteiger partial charge in [-0.15, -0.1) is 0 Å². The molecule has 2 aromatic rings. The molecule has 0 radical (unpaired) electrons. The average Bonchev–Trinajstić information content (AvgIpc) is 2.34. The molecule has 1 aromatic heterocycles. The van der Waals surface area contributed by atoms with Crippen LogP contribution in [0.2, 0.25) is 5.02 Å². The molecule has 0 bridgehead atoms. The number of hydrogen-bond acceptors (Lipinski definition) is 2. The lowest BCUT2D eigenvalue weighted by atomic mass is 10.1. The van der Waals surface area contributed by atoms with Gasteiger partial charge >= 0.3 is 0 Å². The molecule has 0 fully saturated rings. The van der Waals surface area contributed by atoms with Gasteiger partial charge in [-0.05, 0) is 40.2 Å². The molecule has 0 spiro atoms. The summed E-state index contributed by atoms with van der Waals surface area (Å²) in [6, 6.07) is 10.7. The Labute approximate surface area is 113 Å². The highest BCUT2D eigenvalue weighted by Crippen LogP contribution is 2.23. The predicted octanol–water partition coefficient (Wildman–Crippen LogP) is 3.92. The maximum atomic E-state index is 12.0. The van der Waals surface area contributed by atoms with Crippen LogP contribution in [0.25, 0.3) is 0 Å². The van der Waals surface area contributed by atoms with E-state index in [0.717, 1.165) is 10.2 Å². The van der Waals surface area contributed by atoms with Crippen molar-refractivity contribution in [1.82, 2.24) is 4.98 Å². The first-order chi connectivity index (χ1) is 8.16. The third-order valence-electron chi connectivity index (χ3n) is 2.31. The monoisotopic (exact) mass is 309 g/mol. The number of rotatable bonds is 3. The summed E-state index contributed by atoms with van der Waals surface area (Å²) in [5.74, 6) is 0.0121. The molecule has 0 saturated heterocycles. The molecule has 0 atom stereocenters. The largest absolute Gasteiger partial charge is 0.294 e. The van der Waals surface area contributed by atoms with Crippen molar-refractivity contribution in [3.8, 4) is 0 Å². The maximum absolute atomic E-state index is 12.0. The summed E-state index contributed by atoms with van der Waals surface area (Å²) < 4.78 is 0.786. The molecule has 0 N–H and O–H groups in total. The Hall–Kier alpha value is -1.19. The van der Waals surface area contributed by atoms with Crippen LogP contribution in [-0.2, 0) is 6.42 Å². The van der Waals surface area contributed by atoms with Gasteiger partial charge in [0.05, 0.1) is 11.4 Å². The highest BCUT2D eigenvalue weighted by Gasteiger charge is 2.09. The van der Waals surface area contributed by atoms with Crippen molar-refractivity contribution < 1.29 is 4.79 Å². The predicted molar refractivity (Wildman–Crippen MR) is 71.4 cm³/mol. The molecule has 0 saturated carbocycles. The molecule has 2 rings (SSSR count). The molecule has 4 heteroatoms. The van der Waals surface area contributed by atoms with E-state index in [2.05, 4.69) is 20.9 Å². The van der Waals surface area contributed by atoms with Gasteiger partial charge in [0.25, 0.3) is 0 Å².